The number of rotatable bonds is 27. The van der Waals surface area contributed by atoms with Crippen LogP contribution in [-0.4, -0.2) is 4.57 Å². The Morgan fingerprint density at radius 3 is 1.58 bits per heavy atom. The molecule has 3 rings (SSSR count). The van der Waals surface area contributed by atoms with Crippen LogP contribution in [0.25, 0.3) is 0 Å². The molecule has 0 fully saturated rings. The summed E-state index contributed by atoms with van der Waals surface area (Å²) in [5, 5.41) is 0. The first kappa shape index (κ1) is 37.1. The van der Waals surface area contributed by atoms with Gasteiger partial charge in [0, 0.05) is 5.41 Å². The van der Waals surface area contributed by atoms with Gasteiger partial charge in [-0.15, -0.1) is 0 Å². The second kappa shape index (κ2) is 23.0. The number of hydrogen-bond donors (Lipinski definition) is 0. The summed E-state index contributed by atoms with van der Waals surface area (Å²) in [5.74, 6) is 0. The molecule has 2 unspecified atom stereocenters. The van der Waals surface area contributed by atoms with E-state index < -0.39 is 0 Å². The molecular formula is C43H69N2+. The summed E-state index contributed by atoms with van der Waals surface area (Å²) < 4.78 is 5.03. The second-order valence-electron chi connectivity index (χ2n) is 14.2. The topological polar surface area (TPSA) is 8.81 Å². The molecule has 1 heterocycles. The highest BCUT2D eigenvalue weighted by molar-refractivity contribution is 5.30. The number of aromatic nitrogens is 2. The fourth-order valence-electron chi connectivity index (χ4n) is 7.38. The van der Waals surface area contributed by atoms with E-state index in [-0.39, 0.29) is 5.41 Å². The molecule has 2 nitrogen and oxygen atoms in total. The van der Waals surface area contributed by atoms with Gasteiger partial charge in [-0.05, 0) is 43.2 Å². The number of aryl methyl sites for hydroxylation is 1. The van der Waals surface area contributed by atoms with Crippen molar-refractivity contribution in [3.05, 3.63) is 90.5 Å². The number of nitrogens with zero attached hydrogens (tertiary/aromatic N) is 2. The van der Waals surface area contributed by atoms with Gasteiger partial charge in [-0.3, -0.25) is 0 Å². The Hall–Kier alpha value is -2.35. The molecule has 0 saturated heterocycles. The molecule has 2 aromatic carbocycles. The van der Waals surface area contributed by atoms with Gasteiger partial charge in [0.2, 0.25) is 6.33 Å². The third-order valence-corrected chi connectivity index (χ3v) is 10.3. The largest absolute Gasteiger partial charge is 0.244 e. The molecule has 0 saturated carbocycles. The molecule has 0 aliphatic carbocycles. The molecule has 0 amide bonds. The molecule has 0 spiro atoms. The molecule has 45 heavy (non-hydrogen) atoms. The standard InChI is InChI=1S/C43H69N2/c1-4-6-8-10-11-12-13-14-15-16-17-18-19-21-29-35-44-36-37-45(39-44)42(34-28-20-9-7-5-2)43(3,41-32-26-23-27-33-41)38-40-30-24-22-25-31-40/h22-27,30-33,36-37,39,42H,4-21,28-29,34-35,38H2,1-3H3/q+1. The summed E-state index contributed by atoms with van der Waals surface area (Å²) in [5.41, 5.74) is 2.89. The van der Waals surface area contributed by atoms with E-state index in [0.717, 1.165) is 13.0 Å². The van der Waals surface area contributed by atoms with Gasteiger partial charge in [0.05, 0.1) is 6.54 Å². The maximum atomic E-state index is 2.57. The summed E-state index contributed by atoms with van der Waals surface area (Å²) in [4.78, 5) is 0. The highest BCUT2D eigenvalue weighted by atomic mass is 15.1. The minimum Gasteiger partial charge on any atom is -0.237 e. The second-order valence-corrected chi connectivity index (χ2v) is 14.2. The Balaban J connectivity index is 1.49. The van der Waals surface area contributed by atoms with Gasteiger partial charge in [0.15, 0.2) is 0 Å². The summed E-state index contributed by atoms with van der Waals surface area (Å²) >= 11 is 0. The normalized spacial score (nSPS) is 13.6. The Kier molecular flexibility index (Phi) is 19.0. The molecule has 250 valence electrons. The predicted molar refractivity (Wildman–Crippen MR) is 196 cm³/mol. The van der Waals surface area contributed by atoms with E-state index in [4.69, 9.17) is 0 Å². The van der Waals surface area contributed by atoms with Crippen LogP contribution in [0.15, 0.2) is 79.4 Å². The molecular weight excluding hydrogens is 544 g/mol. The van der Waals surface area contributed by atoms with Gasteiger partial charge in [-0.1, -0.05) is 191 Å². The van der Waals surface area contributed by atoms with Crippen LogP contribution < -0.4 is 4.57 Å². The highest BCUT2D eigenvalue weighted by Crippen LogP contribution is 2.41. The van der Waals surface area contributed by atoms with Gasteiger partial charge in [0.1, 0.15) is 18.4 Å². The average molecular weight is 614 g/mol. The van der Waals surface area contributed by atoms with Gasteiger partial charge in [-0.2, -0.15) is 0 Å². The zero-order valence-corrected chi connectivity index (χ0v) is 29.7. The van der Waals surface area contributed by atoms with Gasteiger partial charge in [-0.25, -0.2) is 9.13 Å². The van der Waals surface area contributed by atoms with Crippen molar-refractivity contribution in [3.63, 3.8) is 0 Å². The van der Waals surface area contributed by atoms with Gasteiger partial charge in [0.25, 0.3) is 0 Å². The minimum atomic E-state index is 0.0128. The van der Waals surface area contributed by atoms with E-state index in [1.165, 1.54) is 146 Å². The van der Waals surface area contributed by atoms with Gasteiger partial charge < -0.3 is 0 Å². The Morgan fingerprint density at radius 2 is 1.04 bits per heavy atom. The van der Waals surface area contributed by atoms with E-state index >= 15 is 0 Å². The lowest BCUT2D eigenvalue weighted by Gasteiger charge is -2.37. The van der Waals surface area contributed by atoms with E-state index in [0.29, 0.717) is 6.04 Å². The highest BCUT2D eigenvalue weighted by Gasteiger charge is 2.40. The van der Waals surface area contributed by atoms with Crippen molar-refractivity contribution in [3.8, 4) is 0 Å². The number of imidazole rings is 1. The van der Waals surface area contributed by atoms with Crippen molar-refractivity contribution < 1.29 is 4.57 Å². The third kappa shape index (κ3) is 14.3. The van der Waals surface area contributed by atoms with E-state index in [1.54, 1.807) is 0 Å². The maximum absolute atomic E-state index is 2.57. The molecule has 2 heteroatoms. The average Bonchev–Trinajstić information content (AvgIpc) is 3.53. The summed E-state index contributed by atoms with van der Waals surface area (Å²) in [6.07, 6.45) is 37.3. The smallest absolute Gasteiger partial charge is 0.237 e. The maximum Gasteiger partial charge on any atom is 0.244 e. The molecule has 0 bridgehead atoms. The van der Waals surface area contributed by atoms with Crippen LogP contribution in [-0.2, 0) is 18.4 Å². The summed E-state index contributed by atoms with van der Waals surface area (Å²) in [6, 6.07) is 22.9. The zero-order chi connectivity index (χ0) is 31.8. The van der Waals surface area contributed by atoms with Crippen molar-refractivity contribution in [2.75, 3.05) is 0 Å². The first-order valence-electron chi connectivity index (χ1n) is 19.3. The number of hydrogen-bond acceptors (Lipinski definition) is 0. The number of unbranched alkanes of at least 4 members (excludes halogenated alkanes) is 18. The monoisotopic (exact) mass is 614 g/mol. The lowest BCUT2D eigenvalue weighted by atomic mass is 9.70. The molecule has 0 aliphatic heterocycles. The van der Waals surface area contributed by atoms with Crippen molar-refractivity contribution in [2.24, 2.45) is 0 Å². The van der Waals surface area contributed by atoms with Crippen LogP contribution in [0.4, 0.5) is 0 Å². The Labute approximate surface area is 279 Å². The van der Waals surface area contributed by atoms with Crippen molar-refractivity contribution >= 4 is 0 Å². The molecule has 2 atom stereocenters. The minimum absolute atomic E-state index is 0.0128. The van der Waals surface area contributed by atoms with Crippen molar-refractivity contribution in [1.82, 2.24) is 4.57 Å². The fourth-order valence-corrected chi connectivity index (χ4v) is 7.38. The van der Waals surface area contributed by atoms with E-state index in [9.17, 15) is 0 Å². The Morgan fingerprint density at radius 1 is 0.578 bits per heavy atom. The lowest BCUT2D eigenvalue weighted by molar-refractivity contribution is -0.697. The first-order chi connectivity index (χ1) is 22.2. The fraction of sp³-hybridized carbons (Fsp3) is 0.651. The Bertz CT molecular complexity index is 1090. The quantitative estimate of drug-likeness (QED) is 0.0597. The van der Waals surface area contributed by atoms with Crippen LogP contribution in [0, 0.1) is 0 Å². The van der Waals surface area contributed by atoms with Crippen LogP contribution in [0.1, 0.15) is 173 Å². The van der Waals surface area contributed by atoms with E-state index in [1.807, 2.05) is 0 Å². The van der Waals surface area contributed by atoms with E-state index in [2.05, 4.69) is 109 Å². The molecule has 0 radical (unpaired) electrons. The molecule has 0 N–H and O–H groups in total. The SMILES string of the molecule is CCCCCCCCCCCCCCCCC[n+]1ccn(C(CCCCCCC)C(C)(Cc2ccccc2)c2ccccc2)c1. The molecule has 0 aliphatic rings. The number of benzene rings is 2. The summed E-state index contributed by atoms with van der Waals surface area (Å²) in [7, 11) is 0. The van der Waals surface area contributed by atoms with Crippen molar-refractivity contribution in [2.45, 2.75) is 180 Å². The van der Waals surface area contributed by atoms with Crippen LogP contribution in [0.5, 0.6) is 0 Å². The lowest BCUT2D eigenvalue weighted by Crippen LogP contribution is -2.38. The molecule has 1 aromatic heterocycles. The van der Waals surface area contributed by atoms with Crippen LogP contribution in [0.2, 0.25) is 0 Å². The predicted octanol–water partition coefficient (Wildman–Crippen LogP) is 12.7. The van der Waals surface area contributed by atoms with Crippen molar-refractivity contribution in [1.29, 1.82) is 0 Å². The van der Waals surface area contributed by atoms with Crippen LogP contribution in [0.3, 0.4) is 0 Å². The van der Waals surface area contributed by atoms with Gasteiger partial charge >= 0.3 is 0 Å². The third-order valence-electron chi connectivity index (χ3n) is 10.3. The summed E-state index contributed by atoms with van der Waals surface area (Å²) in [6.45, 7) is 8.27. The molecule has 3 aromatic rings. The van der Waals surface area contributed by atoms with Crippen LogP contribution >= 0.6 is 0 Å². The first-order valence-corrected chi connectivity index (χ1v) is 19.3. The zero-order valence-electron chi connectivity index (χ0n) is 29.7.